The van der Waals surface area contributed by atoms with Crippen molar-refractivity contribution in [3.05, 3.63) is 30.5 Å². The van der Waals surface area contributed by atoms with Crippen molar-refractivity contribution in [1.29, 1.82) is 0 Å². The van der Waals surface area contributed by atoms with Crippen molar-refractivity contribution >= 4 is 22.5 Å². The molecule has 0 spiro atoms. The Morgan fingerprint density at radius 2 is 2.22 bits per heavy atom. The van der Waals surface area contributed by atoms with E-state index in [0.29, 0.717) is 0 Å². The van der Waals surface area contributed by atoms with Crippen LogP contribution in [0.2, 0.25) is 0 Å². The van der Waals surface area contributed by atoms with Gasteiger partial charge in [0.2, 0.25) is 5.91 Å². The lowest BCUT2D eigenvalue weighted by Gasteiger charge is -2.14. The zero-order valence-corrected chi connectivity index (χ0v) is 10.1. The number of nitrogens with one attached hydrogen (secondary N) is 1. The molecule has 0 aliphatic carbocycles. The number of likely N-dealkylation sites (N-methyl/N-ethyl adjacent to an activating group) is 1. The normalized spacial score (nSPS) is 19.5. The third-order valence-electron chi connectivity index (χ3n) is 3.30. The van der Waals surface area contributed by atoms with Crippen LogP contribution in [-0.4, -0.2) is 40.6 Å². The zero-order valence-electron chi connectivity index (χ0n) is 10.1. The van der Waals surface area contributed by atoms with Gasteiger partial charge in [-0.1, -0.05) is 18.2 Å². The summed E-state index contributed by atoms with van der Waals surface area (Å²) in [4.78, 5) is 13.6. The van der Waals surface area contributed by atoms with Crippen molar-refractivity contribution in [2.24, 2.45) is 0 Å². The molecule has 3 rings (SSSR count). The van der Waals surface area contributed by atoms with Crippen molar-refractivity contribution in [1.82, 2.24) is 15.1 Å². The Labute approximate surface area is 105 Å². The molecule has 1 N–H and O–H groups in total. The molecular weight excluding hydrogens is 228 g/mol. The van der Waals surface area contributed by atoms with Gasteiger partial charge in [0.1, 0.15) is 6.04 Å². The summed E-state index contributed by atoms with van der Waals surface area (Å²) >= 11 is 0. The quantitative estimate of drug-likeness (QED) is 0.861. The Kier molecular flexibility index (Phi) is 2.59. The van der Waals surface area contributed by atoms with Crippen molar-refractivity contribution in [2.45, 2.75) is 12.5 Å². The Morgan fingerprint density at radius 3 is 3.00 bits per heavy atom. The highest BCUT2D eigenvalue weighted by molar-refractivity contribution is 5.93. The van der Waals surface area contributed by atoms with Crippen LogP contribution in [0.3, 0.4) is 0 Å². The number of amides is 1. The topological polar surface area (TPSA) is 58.1 Å². The highest BCUT2D eigenvalue weighted by Gasteiger charge is 2.29. The number of hydrogen-bond acceptors (Lipinski definition) is 4. The minimum absolute atomic E-state index is 0.135. The fraction of sp³-hybridized carbons (Fsp3) is 0.308. The molecule has 0 radical (unpaired) electrons. The molecule has 5 heteroatoms. The second kappa shape index (κ2) is 4.25. The summed E-state index contributed by atoms with van der Waals surface area (Å²) in [7, 11) is 1.83. The molecule has 18 heavy (non-hydrogen) atoms. The first-order valence-electron chi connectivity index (χ1n) is 5.97. The molecule has 5 nitrogen and oxygen atoms in total. The van der Waals surface area contributed by atoms with Crippen molar-refractivity contribution in [3.8, 4) is 0 Å². The maximum absolute atomic E-state index is 11.9. The van der Waals surface area contributed by atoms with E-state index in [1.165, 1.54) is 0 Å². The first-order chi connectivity index (χ1) is 8.75. The number of carbonyl (C=O) groups is 1. The van der Waals surface area contributed by atoms with E-state index in [1.807, 2.05) is 31.3 Å². The third kappa shape index (κ3) is 1.77. The summed E-state index contributed by atoms with van der Waals surface area (Å²) in [6.07, 6.45) is 2.50. The van der Waals surface area contributed by atoms with Crippen LogP contribution in [-0.2, 0) is 4.79 Å². The zero-order chi connectivity index (χ0) is 12.5. The van der Waals surface area contributed by atoms with Crippen LogP contribution >= 0.6 is 0 Å². The summed E-state index contributed by atoms with van der Waals surface area (Å²) in [6.45, 7) is 0.799. The molecule has 1 aliphatic rings. The average Bonchev–Trinajstić information content (AvgIpc) is 2.71. The predicted molar refractivity (Wildman–Crippen MR) is 69.2 cm³/mol. The van der Waals surface area contributed by atoms with Gasteiger partial charge in [-0.05, 0) is 12.5 Å². The van der Waals surface area contributed by atoms with E-state index in [-0.39, 0.29) is 11.9 Å². The van der Waals surface area contributed by atoms with Gasteiger partial charge in [0, 0.05) is 19.0 Å². The predicted octanol–water partition coefficient (Wildman–Crippen LogP) is 1.27. The minimum atomic E-state index is -0.150. The molecule has 1 aromatic carbocycles. The molecular formula is C13H14N4O. The molecule has 92 valence electrons. The van der Waals surface area contributed by atoms with E-state index in [1.54, 1.807) is 11.1 Å². The summed E-state index contributed by atoms with van der Waals surface area (Å²) in [5.74, 6) is 0.135. The van der Waals surface area contributed by atoms with Gasteiger partial charge in [0.25, 0.3) is 0 Å². The summed E-state index contributed by atoms with van der Waals surface area (Å²) in [6, 6.07) is 7.63. The third-order valence-corrected chi connectivity index (χ3v) is 3.30. The van der Waals surface area contributed by atoms with Crippen LogP contribution in [0.15, 0.2) is 30.5 Å². The molecule has 1 unspecified atom stereocenters. The van der Waals surface area contributed by atoms with Crippen LogP contribution in [0.5, 0.6) is 0 Å². The lowest BCUT2D eigenvalue weighted by molar-refractivity contribution is -0.127. The van der Waals surface area contributed by atoms with Gasteiger partial charge in [-0.2, -0.15) is 10.2 Å². The van der Waals surface area contributed by atoms with Crippen LogP contribution in [0.4, 0.5) is 5.69 Å². The standard InChI is InChI=1S/C13H14N4O/c1-17-7-6-11(13(17)18)15-12-8-14-16-10-5-3-2-4-9(10)12/h2-5,8,11H,6-7H2,1H3,(H,15,16). The first-order valence-corrected chi connectivity index (χ1v) is 5.97. The van der Waals surface area contributed by atoms with E-state index in [2.05, 4.69) is 15.5 Å². The molecule has 2 aromatic rings. The number of hydrogen-bond donors (Lipinski definition) is 1. The Hall–Kier alpha value is -2.17. The van der Waals surface area contributed by atoms with Gasteiger partial charge in [-0.15, -0.1) is 0 Å². The Bertz CT molecular complexity index is 593. The molecule has 2 heterocycles. The second-order valence-electron chi connectivity index (χ2n) is 4.52. The number of nitrogens with zero attached hydrogens (tertiary/aromatic N) is 3. The highest BCUT2D eigenvalue weighted by Crippen LogP contribution is 2.22. The van der Waals surface area contributed by atoms with Crippen molar-refractivity contribution < 1.29 is 4.79 Å². The average molecular weight is 242 g/mol. The monoisotopic (exact) mass is 242 g/mol. The lowest BCUT2D eigenvalue weighted by atomic mass is 10.2. The van der Waals surface area contributed by atoms with E-state index in [0.717, 1.165) is 29.6 Å². The van der Waals surface area contributed by atoms with E-state index >= 15 is 0 Å². The molecule has 0 saturated carbocycles. The molecule has 1 atom stereocenters. The first kappa shape index (κ1) is 11.0. The van der Waals surface area contributed by atoms with E-state index < -0.39 is 0 Å². The molecule has 1 amide bonds. The second-order valence-corrected chi connectivity index (χ2v) is 4.52. The van der Waals surface area contributed by atoms with Crippen molar-refractivity contribution in [2.75, 3.05) is 18.9 Å². The summed E-state index contributed by atoms with van der Waals surface area (Å²) < 4.78 is 0. The van der Waals surface area contributed by atoms with E-state index in [4.69, 9.17) is 0 Å². The Morgan fingerprint density at radius 1 is 1.39 bits per heavy atom. The van der Waals surface area contributed by atoms with Gasteiger partial charge < -0.3 is 10.2 Å². The number of likely N-dealkylation sites (tertiary alicyclic amines) is 1. The minimum Gasteiger partial charge on any atom is -0.372 e. The largest absolute Gasteiger partial charge is 0.372 e. The SMILES string of the molecule is CN1CCC(Nc2cnnc3ccccc23)C1=O. The van der Waals surface area contributed by atoms with Crippen LogP contribution in [0.1, 0.15) is 6.42 Å². The number of anilines is 1. The van der Waals surface area contributed by atoms with Gasteiger partial charge in [-0.3, -0.25) is 4.79 Å². The van der Waals surface area contributed by atoms with Crippen LogP contribution in [0.25, 0.3) is 10.9 Å². The van der Waals surface area contributed by atoms with Gasteiger partial charge >= 0.3 is 0 Å². The molecule has 0 bridgehead atoms. The molecule has 1 aliphatic heterocycles. The number of carbonyl (C=O) groups excluding carboxylic acids is 1. The fourth-order valence-corrected chi connectivity index (χ4v) is 2.27. The molecule has 1 saturated heterocycles. The van der Waals surface area contributed by atoms with Gasteiger partial charge in [0.15, 0.2) is 0 Å². The highest BCUT2D eigenvalue weighted by atomic mass is 16.2. The van der Waals surface area contributed by atoms with Crippen molar-refractivity contribution in [3.63, 3.8) is 0 Å². The summed E-state index contributed by atoms with van der Waals surface area (Å²) in [5.41, 5.74) is 1.70. The summed E-state index contributed by atoms with van der Waals surface area (Å²) in [5, 5.41) is 12.3. The fourth-order valence-electron chi connectivity index (χ4n) is 2.27. The lowest BCUT2D eigenvalue weighted by Crippen LogP contribution is -2.31. The van der Waals surface area contributed by atoms with Crippen LogP contribution < -0.4 is 5.32 Å². The maximum Gasteiger partial charge on any atom is 0.244 e. The van der Waals surface area contributed by atoms with E-state index in [9.17, 15) is 4.79 Å². The van der Waals surface area contributed by atoms with Crippen LogP contribution in [0, 0.1) is 0 Å². The number of benzene rings is 1. The number of fused-ring (bicyclic) bond motifs is 1. The van der Waals surface area contributed by atoms with Gasteiger partial charge in [0.05, 0.1) is 17.4 Å². The van der Waals surface area contributed by atoms with Gasteiger partial charge in [-0.25, -0.2) is 0 Å². The Balaban J connectivity index is 1.93. The number of rotatable bonds is 2. The molecule has 1 fully saturated rings. The maximum atomic E-state index is 11.9. The number of aromatic nitrogens is 2. The smallest absolute Gasteiger partial charge is 0.244 e. The molecule has 1 aromatic heterocycles.